The van der Waals surface area contributed by atoms with E-state index in [2.05, 4.69) is 16.7 Å². The van der Waals surface area contributed by atoms with Crippen molar-refractivity contribution in [1.82, 2.24) is 4.90 Å². The first-order chi connectivity index (χ1) is 13.8. The van der Waals surface area contributed by atoms with E-state index in [4.69, 9.17) is 0 Å². The van der Waals surface area contributed by atoms with E-state index >= 15 is 0 Å². The topological polar surface area (TPSA) is 83.0 Å². The van der Waals surface area contributed by atoms with E-state index in [9.17, 15) is 14.4 Å². The van der Waals surface area contributed by atoms with Gasteiger partial charge < -0.3 is 20.4 Å². The smallest absolute Gasteiger partial charge is 0.279 e. The van der Waals surface area contributed by atoms with Gasteiger partial charge in [-0.2, -0.15) is 0 Å². The molecule has 1 unspecified atom stereocenters. The highest BCUT2D eigenvalue weighted by Crippen LogP contribution is 2.17. The molecule has 8 heteroatoms. The first kappa shape index (κ1) is 22.6. The third-order valence-electron chi connectivity index (χ3n) is 4.58. The van der Waals surface area contributed by atoms with Crippen molar-refractivity contribution in [1.29, 1.82) is 0 Å². The van der Waals surface area contributed by atoms with Gasteiger partial charge in [0.2, 0.25) is 5.91 Å². The maximum atomic E-state index is 12.6. The molecule has 0 bridgehead atoms. The van der Waals surface area contributed by atoms with Crippen LogP contribution in [0.1, 0.15) is 24.3 Å². The summed E-state index contributed by atoms with van der Waals surface area (Å²) in [6.45, 7) is 7.19. The number of benzene rings is 1. The quantitative estimate of drug-likeness (QED) is 0.579. The summed E-state index contributed by atoms with van der Waals surface area (Å²) in [4.78, 5) is 39.8. The summed E-state index contributed by atoms with van der Waals surface area (Å²) in [5.41, 5.74) is 2.51. The van der Waals surface area contributed by atoms with Gasteiger partial charge in [0.15, 0.2) is 13.1 Å². The molecule has 3 amide bonds. The van der Waals surface area contributed by atoms with E-state index in [1.807, 2.05) is 19.2 Å². The van der Waals surface area contributed by atoms with Gasteiger partial charge in [-0.05, 0) is 55.1 Å². The van der Waals surface area contributed by atoms with Gasteiger partial charge in [-0.25, -0.2) is 0 Å². The van der Waals surface area contributed by atoms with Crippen molar-refractivity contribution in [2.24, 2.45) is 0 Å². The summed E-state index contributed by atoms with van der Waals surface area (Å²) in [7, 11) is 1.80. The Bertz CT molecular complexity index is 848. The molecule has 1 aromatic heterocycles. The zero-order valence-corrected chi connectivity index (χ0v) is 18.2. The van der Waals surface area contributed by atoms with Crippen molar-refractivity contribution in [2.45, 2.75) is 27.3 Å². The molecule has 29 heavy (non-hydrogen) atoms. The standard InChI is InChI=1S/C21H28N4O3S/c1-5-25(14-21(28)24(4)12-19-15(2)10-11-29-19)13-20(27)23-18-8-6-17(7-9-18)22-16(3)26/h6-11H,5,12-14H2,1-4H3,(H,22,26)(H,23,27)/p+1. The summed E-state index contributed by atoms with van der Waals surface area (Å²) in [5, 5.41) is 7.55. The van der Waals surface area contributed by atoms with Gasteiger partial charge in [-0.1, -0.05) is 0 Å². The molecule has 0 fully saturated rings. The Morgan fingerprint density at radius 1 is 1.03 bits per heavy atom. The number of aryl methyl sites for hydroxylation is 1. The van der Waals surface area contributed by atoms with Crippen LogP contribution in [0.25, 0.3) is 0 Å². The van der Waals surface area contributed by atoms with Crippen LogP contribution in [-0.2, 0) is 20.9 Å². The molecule has 0 aliphatic rings. The number of thiophene rings is 1. The van der Waals surface area contributed by atoms with E-state index in [0.717, 1.165) is 4.90 Å². The Hall–Kier alpha value is -2.71. The Kier molecular flexibility index (Phi) is 8.35. The van der Waals surface area contributed by atoms with E-state index in [-0.39, 0.29) is 30.8 Å². The molecule has 156 valence electrons. The lowest BCUT2D eigenvalue weighted by Crippen LogP contribution is -3.13. The number of hydrogen-bond donors (Lipinski definition) is 3. The molecule has 1 atom stereocenters. The van der Waals surface area contributed by atoms with Crippen molar-refractivity contribution in [3.05, 3.63) is 46.2 Å². The van der Waals surface area contributed by atoms with Crippen molar-refractivity contribution in [2.75, 3.05) is 37.3 Å². The minimum Gasteiger partial charge on any atom is -0.336 e. The second kappa shape index (κ2) is 10.7. The van der Waals surface area contributed by atoms with Crippen molar-refractivity contribution in [3.8, 4) is 0 Å². The van der Waals surface area contributed by atoms with E-state index in [1.165, 1.54) is 17.4 Å². The highest BCUT2D eigenvalue weighted by atomic mass is 32.1. The average Bonchev–Trinajstić information content (AvgIpc) is 3.06. The number of nitrogens with one attached hydrogen (secondary N) is 3. The maximum Gasteiger partial charge on any atom is 0.279 e. The molecular weight excluding hydrogens is 388 g/mol. The zero-order valence-electron chi connectivity index (χ0n) is 17.4. The molecule has 0 aliphatic heterocycles. The van der Waals surface area contributed by atoms with Gasteiger partial charge in [-0.3, -0.25) is 14.4 Å². The predicted octanol–water partition coefficient (Wildman–Crippen LogP) is 1.52. The fraction of sp³-hybridized carbons (Fsp3) is 0.381. The monoisotopic (exact) mass is 417 g/mol. The molecule has 2 aromatic rings. The number of carbonyl (C=O) groups excluding carboxylic acids is 3. The van der Waals surface area contributed by atoms with Gasteiger partial charge in [0, 0.05) is 30.2 Å². The third-order valence-corrected chi connectivity index (χ3v) is 5.58. The van der Waals surface area contributed by atoms with Crippen LogP contribution >= 0.6 is 11.3 Å². The number of nitrogens with zero attached hydrogens (tertiary/aromatic N) is 1. The minimum atomic E-state index is -0.154. The second-order valence-electron chi connectivity index (χ2n) is 7.04. The molecular formula is C21H29N4O3S+. The van der Waals surface area contributed by atoms with Gasteiger partial charge in [0.1, 0.15) is 0 Å². The number of hydrogen-bond acceptors (Lipinski definition) is 4. The SMILES string of the molecule is CC[NH+](CC(=O)Nc1ccc(NC(C)=O)cc1)CC(=O)N(C)Cc1sccc1C. The van der Waals surface area contributed by atoms with E-state index in [1.54, 1.807) is 47.5 Å². The van der Waals surface area contributed by atoms with Crippen LogP contribution in [0.4, 0.5) is 11.4 Å². The van der Waals surface area contributed by atoms with Crippen LogP contribution in [0.3, 0.4) is 0 Å². The first-order valence-corrected chi connectivity index (χ1v) is 10.4. The summed E-state index contributed by atoms with van der Waals surface area (Å²) in [6.07, 6.45) is 0. The van der Waals surface area contributed by atoms with Gasteiger partial charge in [0.05, 0.1) is 13.1 Å². The van der Waals surface area contributed by atoms with Crippen LogP contribution in [-0.4, -0.2) is 49.3 Å². The fourth-order valence-electron chi connectivity index (χ4n) is 2.80. The molecule has 1 aromatic carbocycles. The van der Waals surface area contributed by atoms with Gasteiger partial charge in [0.25, 0.3) is 11.8 Å². The molecule has 1 heterocycles. The molecule has 0 radical (unpaired) electrons. The average molecular weight is 418 g/mol. The van der Waals surface area contributed by atoms with E-state index in [0.29, 0.717) is 24.5 Å². The number of carbonyl (C=O) groups is 3. The summed E-state index contributed by atoms with van der Waals surface area (Å²) >= 11 is 1.65. The van der Waals surface area contributed by atoms with Crippen molar-refractivity contribution >= 4 is 40.4 Å². The Morgan fingerprint density at radius 3 is 2.17 bits per heavy atom. The molecule has 0 spiro atoms. The molecule has 0 saturated carbocycles. The van der Waals surface area contributed by atoms with Crippen LogP contribution in [0.15, 0.2) is 35.7 Å². The molecule has 0 saturated heterocycles. The molecule has 7 nitrogen and oxygen atoms in total. The number of amides is 3. The Labute approximate surface area is 175 Å². The lowest BCUT2D eigenvalue weighted by atomic mass is 10.2. The van der Waals surface area contributed by atoms with Crippen LogP contribution in [0.2, 0.25) is 0 Å². The molecule has 3 N–H and O–H groups in total. The number of anilines is 2. The van der Waals surface area contributed by atoms with Gasteiger partial charge >= 0.3 is 0 Å². The zero-order chi connectivity index (χ0) is 21.4. The summed E-state index contributed by atoms with van der Waals surface area (Å²) in [5.74, 6) is -0.284. The predicted molar refractivity (Wildman–Crippen MR) is 116 cm³/mol. The van der Waals surface area contributed by atoms with Gasteiger partial charge in [-0.15, -0.1) is 11.3 Å². The number of quaternary nitrogens is 1. The van der Waals surface area contributed by atoms with E-state index < -0.39 is 0 Å². The normalized spacial score (nSPS) is 11.6. The third kappa shape index (κ3) is 7.32. The maximum absolute atomic E-state index is 12.6. The molecule has 0 aliphatic carbocycles. The first-order valence-electron chi connectivity index (χ1n) is 9.56. The largest absolute Gasteiger partial charge is 0.336 e. The number of rotatable bonds is 9. The molecule has 2 rings (SSSR count). The highest BCUT2D eigenvalue weighted by Gasteiger charge is 2.20. The fourth-order valence-corrected chi connectivity index (χ4v) is 3.76. The van der Waals surface area contributed by atoms with Crippen molar-refractivity contribution in [3.63, 3.8) is 0 Å². The van der Waals surface area contributed by atoms with Crippen LogP contribution in [0, 0.1) is 6.92 Å². The minimum absolute atomic E-state index is 0.0158. The summed E-state index contributed by atoms with van der Waals surface area (Å²) in [6, 6.07) is 8.97. The Morgan fingerprint density at radius 2 is 1.66 bits per heavy atom. The van der Waals surface area contributed by atoms with Crippen molar-refractivity contribution < 1.29 is 19.3 Å². The highest BCUT2D eigenvalue weighted by molar-refractivity contribution is 7.10. The van der Waals surface area contributed by atoms with Crippen LogP contribution < -0.4 is 15.5 Å². The second-order valence-corrected chi connectivity index (χ2v) is 8.04. The lowest BCUT2D eigenvalue weighted by Gasteiger charge is -2.21. The number of likely N-dealkylation sites (N-methyl/N-ethyl adjacent to an activating group) is 2. The Balaban J connectivity index is 1.84. The van der Waals surface area contributed by atoms with Crippen LogP contribution in [0.5, 0.6) is 0 Å². The lowest BCUT2D eigenvalue weighted by molar-refractivity contribution is -0.882. The summed E-state index contributed by atoms with van der Waals surface area (Å²) < 4.78 is 0.